The van der Waals surface area contributed by atoms with E-state index >= 15 is 0 Å². The lowest BCUT2D eigenvalue weighted by atomic mass is 10.2. The number of nitrogens with zero attached hydrogens (tertiary/aromatic N) is 1. The third kappa shape index (κ3) is 5.07. The predicted octanol–water partition coefficient (Wildman–Crippen LogP) is 3.48. The van der Waals surface area contributed by atoms with Gasteiger partial charge in [-0.05, 0) is 61.0 Å². The molecule has 0 aliphatic heterocycles. The van der Waals surface area contributed by atoms with Crippen LogP contribution in [0.4, 0.5) is 5.69 Å². The molecule has 2 amide bonds. The Morgan fingerprint density at radius 1 is 1.14 bits per heavy atom. The van der Waals surface area contributed by atoms with Gasteiger partial charge >= 0.3 is 0 Å². The van der Waals surface area contributed by atoms with Gasteiger partial charge < -0.3 is 19.8 Å². The van der Waals surface area contributed by atoms with E-state index in [4.69, 9.17) is 9.15 Å². The Kier molecular flexibility index (Phi) is 6.20. The number of anilines is 1. The van der Waals surface area contributed by atoms with Crippen molar-refractivity contribution in [2.24, 2.45) is 0 Å². The number of carbonyl (C=O) groups is 2. The van der Waals surface area contributed by atoms with Crippen LogP contribution in [0.25, 0.3) is 6.08 Å². The standard InChI is InChI=1S/C21H19N3O4/c1-2-27-17-9-7-16(8-10-17)23-20(25)18(13-15-5-3-11-22-14-15)24-21(26)19-6-4-12-28-19/h3-14H,2H2,1H3,(H,23,25)(H,24,26)/b18-13+. The minimum absolute atomic E-state index is 0.0586. The lowest BCUT2D eigenvalue weighted by Crippen LogP contribution is -2.30. The normalized spacial score (nSPS) is 11.0. The molecule has 0 saturated heterocycles. The number of hydrogen-bond acceptors (Lipinski definition) is 5. The summed E-state index contributed by atoms with van der Waals surface area (Å²) >= 11 is 0. The van der Waals surface area contributed by atoms with Crippen LogP contribution in [0.3, 0.4) is 0 Å². The number of carbonyl (C=O) groups excluding carboxylic acids is 2. The molecule has 7 heteroatoms. The third-order valence-electron chi connectivity index (χ3n) is 3.66. The van der Waals surface area contributed by atoms with E-state index in [1.54, 1.807) is 54.9 Å². The summed E-state index contributed by atoms with van der Waals surface area (Å²) < 4.78 is 10.5. The number of amides is 2. The molecule has 0 aliphatic rings. The molecule has 0 saturated carbocycles. The fourth-order valence-corrected chi connectivity index (χ4v) is 2.38. The minimum Gasteiger partial charge on any atom is -0.494 e. The quantitative estimate of drug-likeness (QED) is 0.615. The van der Waals surface area contributed by atoms with E-state index in [0.717, 1.165) is 0 Å². The van der Waals surface area contributed by atoms with Crippen LogP contribution in [0, 0.1) is 0 Å². The van der Waals surface area contributed by atoms with Gasteiger partial charge in [0.15, 0.2) is 5.76 Å². The highest BCUT2D eigenvalue weighted by molar-refractivity contribution is 6.10. The average Bonchev–Trinajstić information content (AvgIpc) is 3.25. The highest BCUT2D eigenvalue weighted by Crippen LogP contribution is 2.16. The van der Waals surface area contributed by atoms with Crippen molar-refractivity contribution in [2.75, 3.05) is 11.9 Å². The molecule has 0 unspecified atom stereocenters. The summed E-state index contributed by atoms with van der Waals surface area (Å²) in [5, 5.41) is 5.34. The smallest absolute Gasteiger partial charge is 0.291 e. The van der Waals surface area contributed by atoms with Crippen molar-refractivity contribution < 1.29 is 18.7 Å². The Labute approximate surface area is 162 Å². The molecular formula is C21H19N3O4. The maximum Gasteiger partial charge on any atom is 0.291 e. The minimum atomic E-state index is -0.526. The van der Waals surface area contributed by atoms with E-state index in [1.165, 1.54) is 18.4 Å². The van der Waals surface area contributed by atoms with Crippen molar-refractivity contribution in [3.05, 3.63) is 84.2 Å². The summed E-state index contributed by atoms with van der Waals surface area (Å²) in [5.74, 6) is -0.196. The first-order chi connectivity index (χ1) is 13.7. The summed E-state index contributed by atoms with van der Waals surface area (Å²) in [6.07, 6.45) is 6.14. The van der Waals surface area contributed by atoms with E-state index in [9.17, 15) is 9.59 Å². The predicted molar refractivity (Wildman–Crippen MR) is 105 cm³/mol. The molecule has 0 bridgehead atoms. The second kappa shape index (κ2) is 9.18. The second-order valence-corrected chi connectivity index (χ2v) is 5.69. The number of pyridine rings is 1. The van der Waals surface area contributed by atoms with Crippen molar-refractivity contribution in [1.29, 1.82) is 0 Å². The molecule has 0 fully saturated rings. The number of ether oxygens (including phenoxy) is 1. The molecular weight excluding hydrogens is 358 g/mol. The molecule has 7 nitrogen and oxygen atoms in total. The van der Waals surface area contributed by atoms with Crippen molar-refractivity contribution in [3.63, 3.8) is 0 Å². The summed E-state index contributed by atoms with van der Waals surface area (Å²) in [4.78, 5) is 29.1. The van der Waals surface area contributed by atoms with Crippen LogP contribution in [0.2, 0.25) is 0 Å². The van der Waals surface area contributed by atoms with Gasteiger partial charge in [0.05, 0.1) is 12.9 Å². The molecule has 3 rings (SSSR count). The van der Waals surface area contributed by atoms with E-state index in [-0.39, 0.29) is 11.5 Å². The molecule has 0 aliphatic carbocycles. The SMILES string of the molecule is CCOc1ccc(NC(=O)/C(=C\c2cccnc2)NC(=O)c2ccco2)cc1. The Morgan fingerprint density at radius 2 is 1.96 bits per heavy atom. The van der Waals surface area contributed by atoms with Crippen LogP contribution in [-0.4, -0.2) is 23.4 Å². The molecule has 0 spiro atoms. The largest absolute Gasteiger partial charge is 0.494 e. The van der Waals surface area contributed by atoms with Crippen LogP contribution in [0.5, 0.6) is 5.75 Å². The summed E-state index contributed by atoms with van der Waals surface area (Å²) in [6.45, 7) is 2.45. The molecule has 3 aromatic rings. The van der Waals surface area contributed by atoms with Crippen LogP contribution < -0.4 is 15.4 Å². The second-order valence-electron chi connectivity index (χ2n) is 5.69. The Morgan fingerprint density at radius 3 is 2.61 bits per heavy atom. The zero-order valence-corrected chi connectivity index (χ0v) is 15.2. The van der Waals surface area contributed by atoms with Crippen molar-refractivity contribution in [2.45, 2.75) is 6.92 Å². The molecule has 28 heavy (non-hydrogen) atoms. The maximum atomic E-state index is 12.8. The molecule has 2 aromatic heterocycles. The summed E-state index contributed by atoms with van der Waals surface area (Å²) in [5.41, 5.74) is 1.29. The van der Waals surface area contributed by atoms with Crippen LogP contribution >= 0.6 is 0 Å². The summed E-state index contributed by atoms with van der Waals surface area (Å²) in [6, 6.07) is 13.6. The Hall–Kier alpha value is -3.87. The van der Waals surface area contributed by atoms with Crippen molar-refractivity contribution in [3.8, 4) is 5.75 Å². The molecule has 142 valence electrons. The first-order valence-electron chi connectivity index (χ1n) is 8.66. The van der Waals surface area contributed by atoms with E-state index in [0.29, 0.717) is 23.6 Å². The van der Waals surface area contributed by atoms with Gasteiger partial charge in [-0.25, -0.2) is 0 Å². The third-order valence-corrected chi connectivity index (χ3v) is 3.66. The molecule has 0 atom stereocenters. The first kappa shape index (κ1) is 18.9. The van der Waals surface area contributed by atoms with Gasteiger partial charge in [-0.1, -0.05) is 6.07 Å². The fourth-order valence-electron chi connectivity index (χ4n) is 2.38. The van der Waals surface area contributed by atoms with Gasteiger partial charge in [0.2, 0.25) is 0 Å². The van der Waals surface area contributed by atoms with Crippen LogP contribution in [-0.2, 0) is 4.79 Å². The van der Waals surface area contributed by atoms with Gasteiger partial charge in [0.1, 0.15) is 11.4 Å². The number of aromatic nitrogens is 1. The fraction of sp³-hybridized carbons (Fsp3) is 0.0952. The van der Waals surface area contributed by atoms with Crippen molar-refractivity contribution in [1.82, 2.24) is 10.3 Å². The first-order valence-corrected chi connectivity index (χ1v) is 8.66. The van der Waals surface area contributed by atoms with Gasteiger partial charge in [0.25, 0.3) is 11.8 Å². The average molecular weight is 377 g/mol. The lowest BCUT2D eigenvalue weighted by molar-refractivity contribution is -0.113. The number of nitrogens with one attached hydrogen (secondary N) is 2. The van der Waals surface area contributed by atoms with Crippen molar-refractivity contribution >= 4 is 23.6 Å². The van der Waals surface area contributed by atoms with Gasteiger partial charge in [-0.3, -0.25) is 14.6 Å². The lowest BCUT2D eigenvalue weighted by Gasteiger charge is -2.11. The monoisotopic (exact) mass is 377 g/mol. The summed E-state index contributed by atoms with van der Waals surface area (Å²) in [7, 11) is 0. The van der Waals surface area contributed by atoms with E-state index in [2.05, 4.69) is 15.6 Å². The Bertz CT molecular complexity index is 949. The highest BCUT2D eigenvalue weighted by Gasteiger charge is 2.16. The van der Waals surface area contributed by atoms with Crippen LogP contribution in [0.1, 0.15) is 23.0 Å². The number of benzene rings is 1. The molecule has 0 radical (unpaired) electrons. The zero-order chi connectivity index (χ0) is 19.8. The van der Waals surface area contributed by atoms with E-state index in [1.807, 2.05) is 6.92 Å². The van der Waals surface area contributed by atoms with Gasteiger partial charge in [-0.2, -0.15) is 0 Å². The topological polar surface area (TPSA) is 93.5 Å². The highest BCUT2D eigenvalue weighted by atomic mass is 16.5. The molecule has 1 aromatic carbocycles. The number of rotatable bonds is 7. The molecule has 2 heterocycles. The van der Waals surface area contributed by atoms with E-state index < -0.39 is 11.8 Å². The van der Waals surface area contributed by atoms with Crippen LogP contribution in [0.15, 0.2) is 77.3 Å². The van der Waals surface area contributed by atoms with Gasteiger partial charge in [-0.15, -0.1) is 0 Å². The number of furan rings is 1. The zero-order valence-electron chi connectivity index (χ0n) is 15.2. The Balaban J connectivity index is 1.80. The van der Waals surface area contributed by atoms with Gasteiger partial charge in [0, 0.05) is 18.1 Å². The maximum absolute atomic E-state index is 12.8. The number of hydrogen-bond donors (Lipinski definition) is 2. The molecule has 2 N–H and O–H groups in total.